The lowest BCUT2D eigenvalue weighted by Gasteiger charge is -2.17. The number of ether oxygens (including phenoxy) is 1. The molecule has 0 saturated heterocycles. The van der Waals surface area contributed by atoms with E-state index >= 15 is 0 Å². The van der Waals surface area contributed by atoms with Crippen molar-refractivity contribution in [2.75, 3.05) is 6.61 Å². The van der Waals surface area contributed by atoms with Crippen LogP contribution < -0.4 is 0 Å². The molecule has 4 heteroatoms. The molecule has 2 nitrogen and oxygen atoms in total. The van der Waals surface area contributed by atoms with Crippen molar-refractivity contribution in [3.05, 3.63) is 33.8 Å². The van der Waals surface area contributed by atoms with Crippen molar-refractivity contribution in [2.24, 2.45) is 0 Å². The molecule has 1 aromatic carbocycles. The van der Waals surface area contributed by atoms with Crippen molar-refractivity contribution in [1.82, 2.24) is 0 Å². The molecule has 0 saturated carbocycles. The highest BCUT2D eigenvalue weighted by Gasteiger charge is 2.20. The highest BCUT2D eigenvalue weighted by molar-refractivity contribution is 6.42. The van der Waals surface area contributed by atoms with Crippen LogP contribution >= 0.6 is 23.2 Å². The summed E-state index contributed by atoms with van der Waals surface area (Å²) in [7, 11) is 0. The average molecular weight is 289 g/mol. The van der Waals surface area contributed by atoms with Crippen LogP contribution in [0.4, 0.5) is 0 Å². The first-order valence-corrected chi connectivity index (χ1v) is 6.95. The van der Waals surface area contributed by atoms with Gasteiger partial charge in [0.2, 0.25) is 0 Å². The summed E-state index contributed by atoms with van der Waals surface area (Å²) in [5.41, 5.74) is 0.774. The highest BCUT2D eigenvalue weighted by atomic mass is 35.5. The predicted molar refractivity (Wildman–Crippen MR) is 75.4 cm³/mol. The van der Waals surface area contributed by atoms with E-state index in [0.717, 1.165) is 18.4 Å². The average Bonchev–Trinajstić information content (AvgIpc) is 2.34. The zero-order chi connectivity index (χ0) is 13.5. The van der Waals surface area contributed by atoms with E-state index in [1.54, 1.807) is 18.2 Å². The third kappa shape index (κ3) is 4.27. The molecule has 0 aliphatic rings. The minimum absolute atomic E-state index is 0.0874. The fraction of sp³-hybridized carbons (Fsp3) is 0.500. The Morgan fingerprint density at radius 2 is 1.94 bits per heavy atom. The Hall–Kier alpha value is -0.570. The summed E-state index contributed by atoms with van der Waals surface area (Å²) in [6.07, 6.45) is 1.66. The summed E-state index contributed by atoms with van der Waals surface area (Å²) in [4.78, 5) is 12.0. The quantitative estimate of drug-likeness (QED) is 0.718. The van der Waals surface area contributed by atoms with E-state index in [9.17, 15) is 4.79 Å². The van der Waals surface area contributed by atoms with E-state index in [2.05, 4.69) is 0 Å². The van der Waals surface area contributed by atoms with Crippen LogP contribution in [0.3, 0.4) is 0 Å². The van der Waals surface area contributed by atoms with Gasteiger partial charge in [-0.2, -0.15) is 0 Å². The molecule has 1 rings (SSSR count). The fourth-order valence-corrected chi connectivity index (χ4v) is 1.97. The second-order valence-corrected chi connectivity index (χ2v) is 4.96. The first kappa shape index (κ1) is 15.5. The van der Waals surface area contributed by atoms with Gasteiger partial charge >= 0.3 is 0 Å². The number of ketones is 1. The van der Waals surface area contributed by atoms with E-state index in [0.29, 0.717) is 23.1 Å². The highest BCUT2D eigenvalue weighted by Crippen LogP contribution is 2.28. The van der Waals surface area contributed by atoms with Gasteiger partial charge in [0.05, 0.1) is 10.0 Å². The van der Waals surface area contributed by atoms with Crippen LogP contribution in [0.1, 0.15) is 44.8 Å². The maximum absolute atomic E-state index is 12.0. The molecular weight excluding hydrogens is 271 g/mol. The topological polar surface area (TPSA) is 26.3 Å². The molecule has 0 fully saturated rings. The van der Waals surface area contributed by atoms with Gasteiger partial charge in [0, 0.05) is 13.0 Å². The molecule has 0 bridgehead atoms. The Morgan fingerprint density at radius 1 is 1.22 bits per heavy atom. The van der Waals surface area contributed by atoms with E-state index in [4.69, 9.17) is 27.9 Å². The van der Waals surface area contributed by atoms with Crippen molar-refractivity contribution in [2.45, 2.75) is 39.2 Å². The number of hydrogen-bond donors (Lipinski definition) is 0. The van der Waals surface area contributed by atoms with Crippen LogP contribution in [0.15, 0.2) is 18.2 Å². The molecular formula is C14H18Cl2O2. The Kier molecular flexibility index (Phi) is 6.69. The van der Waals surface area contributed by atoms with Crippen molar-refractivity contribution >= 4 is 29.0 Å². The summed E-state index contributed by atoms with van der Waals surface area (Å²) in [5, 5.41) is 0.932. The summed E-state index contributed by atoms with van der Waals surface area (Å²) < 4.78 is 5.64. The van der Waals surface area contributed by atoms with Gasteiger partial charge in [-0.25, -0.2) is 0 Å². The molecule has 1 unspecified atom stereocenters. The van der Waals surface area contributed by atoms with E-state index in [-0.39, 0.29) is 5.78 Å². The molecule has 100 valence electrons. The number of halogens is 2. The maximum Gasteiger partial charge on any atom is 0.166 e. The van der Waals surface area contributed by atoms with E-state index < -0.39 is 6.10 Å². The molecule has 0 spiro atoms. The van der Waals surface area contributed by atoms with Crippen LogP contribution in [0.25, 0.3) is 0 Å². The predicted octanol–water partition coefficient (Wildman–Crippen LogP) is 4.83. The summed E-state index contributed by atoms with van der Waals surface area (Å²) in [6, 6.07) is 5.20. The van der Waals surface area contributed by atoms with Crippen LogP contribution in [0.5, 0.6) is 0 Å². The molecule has 0 heterocycles. The molecule has 0 aliphatic heterocycles. The van der Waals surface area contributed by atoms with Crippen LogP contribution in [-0.2, 0) is 9.53 Å². The molecule has 0 radical (unpaired) electrons. The summed E-state index contributed by atoms with van der Waals surface area (Å²) in [5.74, 6) is 0.0874. The summed E-state index contributed by atoms with van der Waals surface area (Å²) >= 11 is 11.8. The molecule has 0 N–H and O–H groups in total. The number of hydrogen-bond acceptors (Lipinski definition) is 2. The largest absolute Gasteiger partial charge is 0.366 e. The smallest absolute Gasteiger partial charge is 0.166 e. The van der Waals surface area contributed by atoms with Gasteiger partial charge in [0.1, 0.15) is 6.10 Å². The number of carbonyl (C=O) groups is 1. The molecule has 1 atom stereocenters. The van der Waals surface area contributed by atoms with Crippen LogP contribution in [-0.4, -0.2) is 12.4 Å². The first-order valence-electron chi connectivity index (χ1n) is 6.19. The van der Waals surface area contributed by atoms with Crippen LogP contribution in [0, 0.1) is 0 Å². The Balaban J connectivity index is 2.93. The third-order valence-corrected chi connectivity index (χ3v) is 3.26. The normalized spacial score (nSPS) is 12.4. The number of benzene rings is 1. The molecule has 0 aliphatic carbocycles. The van der Waals surface area contributed by atoms with E-state index in [1.807, 2.05) is 13.8 Å². The second-order valence-electron chi connectivity index (χ2n) is 4.14. The minimum atomic E-state index is -0.528. The monoisotopic (exact) mass is 288 g/mol. The molecule has 0 amide bonds. The third-order valence-electron chi connectivity index (χ3n) is 2.52. The number of Topliss-reactive ketones (excluding diaryl/α,β-unsaturated/α-hetero) is 1. The van der Waals surface area contributed by atoms with Crippen molar-refractivity contribution in [1.29, 1.82) is 0 Å². The molecule has 0 aromatic heterocycles. The lowest BCUT2D eigenvalue weighted by atomic mass is 10.0. The Bertz CT molecular complexity index is 405. The van der Waals surface area contributed by atoms with Crippen molar-refractivity contribution < 1.29 is 9.53 Å². The Morgan fingerprint density at radius 3 is 2.50 bits per heavy atom. The second kappa shape index (κ2) is 7.78. The van der Waals surface area contributed by atoms with E-state index in [1.165, 1.54) is 0 Å². The van der Waals surface area contributed by atoms with Gasteiger partial charge in [-0.15, -0.1) is 0 Å². The van der Waals surface area contributed by atoms with Gasteiger partial charge in [0.25, 0.3) is 0 Å². The zero-order valence-electron chi connectivity index (χ0n) is 10.7. The maximum atomic E-state index is 12.0. The van der Waals surface area contributed by atoms with Gasteiger partial charge in [-0.1, -0.05) is 43.1 Å². The van der Waals surface area contributed by atoms with Crippen molar-refractivity contribution in [3.63, 3.8) is 0 Å². The van der Waals surface area contributed by atoms with Gasteiger partial charge in [0.15, 0.2) is 5.78 Å². The lowest BCUT2D eigenvalue weighted by molar-refractivity contribution is -0.131. The van der Waals surface area contributed by atoms with Gasteiger partial charge in [-0.05, 0) is 30.5 Å². The van der Waals surface area contributed by atoms with Crippen molar-refractivity contribution in [3.8, 4) is 0 Å². The summed E-state index contributed by atoms with van der Waals surface area (Å²) in [6.45, 7) is 4.54. The minimum Gasteiger partial charge on any atom is -0.366 e. The fourth-order valence-electron chi connectivity index (χ4n) is 1.66. The van der Waals surface area contributed by atoms with Crippen LogP contribution in [0.2, 0.25) is 10.0 Å². The SMILES string of the molecule is CCCOC(C(=O)CCC)c1ccc(Cl)c(Cl)c1. The molecule has 1 aromatic rings. The Labute approximate surface area is 118 Å². The zero-order valence-corrected chi connectivity index (χ0v) is 12.2. The van der Waals surface area contributed by atoms with Gasteiger partial charge < -0.3 is 4.74 Å². The molecule has 18 heavy (non-hydrogen) atoms. The lowest BCUT2D eigenvalue weighted by Crippen LogP contribution is -2.16. The number of rotatable bonds is 7. The number of carbonyl (C=O) groups excluding carboxylic acids is 1. The van der Waals surface area contributed by atoms with Gasteiger partial charge in [-0.3, -0.25) is 4.79 Å². The first-order chi connectivity index (χ1) is 8.60. The standard InChI is InChI=1S/C14H18Cl2O2/c1-3-5-13(17)14(18-8-4-2)10-6-7-11(15)12(16)9-10/h6-7,9,14H,3-5,8H2,1-2H3.